The molecule has 2 heterocycles. The van der Waals surface area contributed by atoms with Crippen molar-refractivity contribution < 1.29 is 18.4 Å². The lowest BCUT2D eigenvalue weighted by molar-refractivity contribution is 0.0405. The summed E-state index contributed by atoms with van der Waals surface area (Å²) in [6, 6.07) is 15.9. The van der Waals surface area contributed by atoms with Gasteiger partial charge in [0.1, 0.15) is 5.58 Å². The summed E-state index contributed by atoms with van der Waals surface area (Å²) in [6.07, 6.45) is 0. The molecule has 0 aliphatic carbocycles. The predicted octanol–water partition coefficient (Wildman–Crippen LogP) is 4.49. The molecule has 2 aromatic carbocycles. The lowest BCUT2D eigenvalue weighted by atomic mass is 10.2. The first kappa shape index (κ1) is 15.4. The van der Waals surface area contributed by atoms with Crippen molar-refractivity contribution >= 4 is 28.5 Å². The van der Waals surface area contributed by atoms with Crippen molar-refractivity contribution in [1.29, 1.82) is 0 Å². The molecule has 124 valence electrons. The van der Waals surface area contributed by atoms with E-state index in [0.29, 0.717) is 16.5 Å². The van der Waals surface area contributed by atoms with E-state index in [1.165, 1.54) is 0 Å². The topological polar surface area (TPSA) is 78.4 Å². The van der Waals surface area contributed by atoms with Gasteiger partial charge in [0.2, 0.25) is 11.7 Å². The first-order chi connectivity index (χ1) is 12.2. The number of halogens is 1. The Morgan fingerprint density at radius 1 is 1.04 bits per heavy atom. The largest absolute Gasteiger partial charge is 0.450 e. The van der Waals surface area contributed by atoms with Crippen LogP contribution < -0.4 is 0 Å². The zero-order valence-electron chi connectivity index (χ0n) is 12.8. The van der Waals surface area contributed by atoms with Crippen LogP contribution in [0, 0.1) is 0 Å². The van der Waals surface area contributed by atoms with Crippen LogP contribution in [0.3, 0.4) is 0 Å². The molecule has 0 unspecified atom stereocenters. The third-order valence-corrected chi connectivity index (χ3v) is 3.76. The Hall–Kier alpha value is -3.12. The van der Waals surface area contributed by atoms with Gasteiger partial charge < -0.3 is 13.6 Å². The van der Waals surface area contributed by atoms with E-state index < -0.39 is 5.97 Å². The Bertz CT molecular complexity index is 1000. The van der Waals surface area contributed by atoms with E-state index in [1.807, 2.05) is 18.2 Å². The summed E-state index contributed by atoms with van der Waals surface area (Å²) in [5.41, 5.74) is 1.35. The molecule has 0 aliphatic heterocycles. The average molecular weight is 355 g/mol. The molecule has 0 atom stereocenters. The number of carbonyl (C=O) groups excluding carboxylic acids is 1. The highest BCUT2D eigenvalue weighted by molar-refractivity contribution is 6.30. The second kappa shape index (κ2) is 6.41. The van der Waals surface area contributed by atoms with Crippen LogP contribution in [0.2, 0.25) is 5.02 Å². The third kappa shape index (κ3) is 3.25. The lowest BCUT2D eigenvalue weighted by Gasteiger charge is -1.98. The van der Waals surface area contributed by atoms with Crippen molar-refractivity contribution in [3.63, 3.8) is 0 Å². The minimum absolute atomic E-state index is 0.124. The Kier molecular flexibility index (Phi) is 3.95. The Labute approximate surface area is 147 Å². The van der Waals surface area contributed by atoms with Crippen LogP contribution in [0.5, 0.6) is 0 Å². The summed E-state index contributed by atoms with van der Waals surface area (Å²) >= 11 is 5.84. The number of para-hydroxylation sites is 1. The van der Waals surface area contributed by atoms with E-state index in [4.69, 9.17) is 25.2 Å². The molecule has 4 rings (SSSR count). The van der Waals surface area contributed by atoms with Crippen molar-refractivity contribution in [2.24, 2.45) is 0 Å². The van der Waals surface area contributed by atoms with Crippen molar-refractivity contribution in [2.45, 2.75) is 6.61 Å². The maximum Gasteiger partial charge on any atom is 0.374 e. The fraction of sp³-hybridized carbons (Fsp3) is 0.0556. The summed E-state index contributed by atoms with van der Waals surface area (Å²) in [6.45, 7) is -0.142. The Balaban J connectivity index is 1.44. The predicted molar refractivity (Wildman–Crippen MR) is 90.1 cm³/mol. The molecule has 0 bridgehead atoms. The molecule has 2 aromatic heterocycles. The quantitative estimate of drug-likeness (QED) is 0.502. The Morgan fingerprint density at radius 2 is 1.84 bits per heavy atom. The smallest absolute Gasteiger partial charge is 0.374 e. The number of aromatic nitrogens is 2. The van der Waals surface area contributed by atoms with Gasteiger partial charge in [-0.2, -0.15) is 0 Å². The van der Waals surface area contributed by atoms with Gasteiger partial charge in [-0.25, -0.2) is 4.79 Å². The molecule has 0 amide bonds. The van der Waals surface area contributed by atoms with Crippen LogP contribution >= 0.6 is 11.6 Å². The highest BCUT2D eigenvalue weighted by Crippen LogP contribution is 2.22. The molecule has 25 heavy (non-hydrogen) atoms. The van der Waals surface area contributed by atoms with Crippen LogP contribution in [0.25, 0.3) is 22.4 Å². The highest BCUT2D eigenvalue weighted by atomic mass is 35.5. The van der Waals surface area contributed by atoms with Crippen molar-refractivity contribution in [1.82, 2.24) is 10.2 Å². The minimum atomic E-state index is -0.595. The number of hydrogen-bond acceptors (Lipinski definition) is 6. The number of furan rings is 1. The minimum Gasteiger partial charge on any atom is -0.450 e. The summed E-state index contributed by atoms with van der Waals surface area (Å²) in [5.74, 6) is 0.0435. The summed E-state index contributed by atoms with van der Waals surface area (Å²) in [5, 5.41) is 9.24. The summed E-state index contributed by atoms with van der Waals surface area (Å²) in [7, 11) is 0. The normalized spacial score (nSPS) is 10.9. The molecule has 4 aromatic rings. The second-order valence-corrected chi connectivity index (χ2v) is 5.67. The fourth-order valence-electron chi connectivity index (χ4n) is 2.30. The van der Waals surface area contributed by atoms with Crippen molar-refractivity contribution in [2.75, 3.05) is 0 Å². The SMILES string of the molecule is O=C(OCc1nnc(-c2ccc(Cl)cc2)o1)c1cc2ccccc2o1. The number of carbonyl (C=O) groups is 1. The van der Waals surface area contributed by atoms with Crippen LogP contribution in [-0.4, -0.2) is 16.2 Å². The van der Waals surface area contributed by atoms with E-state index in [2.05, 4.69) is 10.2 Å². The van der Waals surface area contributed by atoms with Gasteiger partial charge in [0, 0.05) is 16.0 Å². The van der Waals surface area contributed by atoms with Crippen molar-refractivity contribution in [3.05, 3.63) is 71.3 Å². The van der Waals surface area contributed by atoms with Gasteiger partial charge in [0.05, 0.1) is 0 Å². The van der Waals surface area contributed by atoms with Gasteiger partial charge in [-0.1, -0.05) is 29.8 Å². The summed E-state index contributed by atoms with van der Waals surface area (Å²) in [4.78, 5) is 12.1. The number of rotatable bonds is 4. The van der Waals surface area contributed by atoms with E-state index in [9.17, 15) is 4.79 Å². The van der Waals surface area contributed by atoms with Crippen molar-refractivity contribution in [3.8, 4) is 11.5 Å². The van der Waals surface area contributed by atoms with Gasteiger partial charge in [0.25, 0.3) is 5.89 Å². The number of hydrogen-bond donors (Lipinski definition) is 0. The molecule has 7 heteroatoms. The highest BCUT2D eigenvalue weighted by Gasteiger charge is 2.16. The first-order valence-corrected chi connectivity index (χ1v) is 7.81. The van der Waals surface area contributed by atoms with E-state index >= 15 is 0 Å². The van der Waals surface area contributed by atoms with E-state index in [-0.39, 0.29) is 18.3 Å². The molecule has 0 aliphatic rings. The number of esters is 1. The fourth-order valence-corrected chi connectivity index (χ4v) is 2.43. The van der Waals surface area contributed by atoms with Gasteiger partial charge in [0.15, 0.2) is 6.61 Å². The number of fused-ring (bicyclic) bond motifs is 1. The van der Waals surface area contributed by atoms with Gasteiger partial charge >= 0.3 is 5.97 Å². The summed E-state index contributed by atoms with van der Waals surface area (Å²) < 4.78 is 16.1. The molecular formula is C18H11ClN2O4. The molecule has 0 spiro atoms. The first-order valence-electron chi connectivity index (χ1n) is 7.43. The number of nitrogens with zero attached hydrogens (tertiary/aromatic N) is 2. The van der Waals surface area contributed by atoms with Crippen LogP contribution in [-0.2, 0) is 11.3 Å². The van der Waals surface area contributed by atoms with Crippen LogP contribution in [0.15, 0.2) is 63.4 Å². The number of ether oxygens (including phenoxy) is 1. The molecule has 6 nitrogen and oxygen atoms in total. The zero-order valence-corrected chi connectivity index (χ0v) is 13.6. The van der Waals surface area contributed by atoms with E-state index in [0.717, 1.165) is 10.9 Å². The molecule has 0 saturated carbocycles. The number of benzene rings is 2. The molecular weight excluding hydrogens is 344 g/mol. The van der Waals surface area contributed by atoms with Gasteiger partial charge in [-0.05, 0) is 36.4 Å². The van der Waals surface area contributed by atoms with Gasteiger partial charge in [-0.15, -0.1) is 10.2 Å². The van der Waals surface area contributed by atoms with Crippen LogP contribution in [0.4, 0.5) is 0 Å². The maximum absolute atomic E-state index is 12.1. The molecule has 0 N–H and O–H groups in total. The second-order valence-electron chi connectivity index (χ2n) is 5.23. The Morgan fingerprint density at radius 3 is 2.64 bits per heavy atom. The maximum atomic E-state index is 12.1. The molecule has 0 radical (unpaired) electrons. The van der Waals surface area contributed by atoms with E-state index in [1.54, 1.807) is 36.4 Å². The lowest BCUT2D eigenvalue weighted by Crippen LogP contribution is -2.04. The van der Waals surface area contributed by atoms with Gasteiger partial charge in [-0.3, -0.25) is 0 Å². The average Bonchev–Trinajstić information content (AvgIpc) is 3.27. The molecule has 0 fully saturated rings. The third-order valence-electron chi connectivity index (χ3n) is 3.51. The monoisotopic (exact) mass is 354 g/mol. The standard InChI is InChI=1S/C18H11ClN2O4/c19-13-7-5-11(6-8-13)17-21-20-16(25-17)10-23-18(22)15-9-12-3-1-2-4-14(12)24-15/h1-9H,10H2. The zero-order chi connectivity index (χ0) is 17.2. The molecule has 0 saturated heterocycles. The van der Waals surface area contributed by atoms with Crippen LogP contribution in [0.1, 0.15) is 16.4 Å².